The fourth-order valence-electron chi connectivity index (χ4n) is 5.67. The number of anilines is 5. The van der Waals surface area contributed by atoms with Crippen LogP contribution in [0.15, 0.2) is 34.4 Å². The van der Waals surface area contributed by atoms with E-state index in [0.717, 1.165) is 17.5 Å². The van der Waals surface area contributed by atoms with Gasteiger partial charge in [0, 0.05) is 0 Å². The van der Waals surface area contributed by atoms with E-state index in [0.29, 0.717) is 11.4 Å². The van der Waals surface area contributed by atoms with E-state index in [1.165, 1.54) is 15.8 Å². The summed E-state index contributed by atoms with van der Waals surface area (Å²) >= 11 is 0. The molecule has 5 heterocycles. The molecule has 0 aliphatic carbocycles. The number of ether oxygens (including phenoxy) is 1. The van der Waals surface area contributed by atoms with Crippen LogP contribution in [0.5, 0.6) is 0 Å². The van der Waals surface area contributed by atoms with Crippen LogP contribution < -0.4 is 37.0 Å². The van der Waals surface area contributed by atoms with Crippen LogP contribution in [0.2, 0.25) is 0 Å². The van der Waals surface area contributed by atoms with E-state index >= 15 is 0 Å². The van der Waals surface area contributed by atoms with E-state index in [1.807, 2.05) is 6.92 Å². The Balaban J connectivity index is 1.05. The number of nitrogen functional groups attached to an aromatic ring is 1. The summed E-state index contributed by atoms with van der Waals surface area (Å²) in [6.45, 7) is 0.692. The number of benzene rings is 1. The van der Waals surface area contributed by atoms with Gasteiger partial charge in [-0.15, -0.1) is 0 Å². The molecule has 0 bridgehead atoms. The smallest absolute Gasteiger partial charge is 0.327 e. The summed E-state index contributed by atoms with van der Waals surface area (Å²) in [4.78, 5) is 67.0. The summed E-state index contributed by atoms with van der Waals surface area (Å²) in [5.41, 5.74) is 6.69. The fourth-order valence-corrected chi connectivity index (χ4v) is 7.69. The maximum absolute atomic E-state index is 12.5. The Bertz CT molecular complexity index is 2230. The number of H-pyrrole nitrogens is 2. The zero-order chi connectivity index (χ0) is 38.6. The number of rotatable bonds is 13. The van der Waals surface area contributed by atoms with E-state index in [2.05, 4.69) is 43.6 Å². The lowest BCUT2D eigenvalue weighted by molar-refractivity contribution is -0.247. The Hall–Kier alpha value is -4.13. The molecule has 1 aromatic carbocycles. The first-order chi connectivity index (χ1) is 24.9. The normalized spacial score (nSPS) is 23.8. The standard InChI is InChI=1S/C27H35N9O15P2/c1-10-3-12-13(4-11(10)2)35(24-18(32-12)25(42)34-27(43)33-24)5-14(37)19(39)15(38)6-48-52(44,45)51-53(46,47)49-7-16-20(40)21(41)26(50-16)36-9-31-17-22(28)29-8-30-23(17)36/h3-4,8-9,14-16,19-21,26,32,37-41H,5-7H2,1-2H3,(H,44,45)(H,46,47)(H2,28,29,30)(H2,33,34,42,43)/p-2. The fraction of sp³-hybridized carbons (Fsp3) is 0.444. The lowest BCUT2D eigenvalue weighted by Crippen LogP contribution is -2.46. The van der Waals surface area contributed by atoms with Gasteiger partial charge in [0.05, 0.1) is 37.5 Å². The molecule has 10 N–H and O–H groups in total. The summed E-state index contributed by atoms with van der Waals surface area (Å²) in [6.07, 6.45) is -10.2. The van der Waals surface area contributed by atoms with Crippen LogP contribution in [0.4, 0.5) is 28.7 Å². The third-order valence-corrected chi connectivity index (χ3v) is 11.0. The molecule has 1 fully saturated rings. The second-order valence-electron chi connectivity index (χ2n) is 12.1. The van der Waals surface area contributed by atoms with Crippen LogP contribution in [0.25, 0.3) is 11.2 Å². The molecule has 0 spiro atoms. The number of fused-ring (bicyclic) bond motifs is 3. The van der Waals surface area contributed by atoms with Crippen molar-refractivity contribution < 1.29 is 62.5 Å². The highest BCUT2D eigenvalue weighted by Crippen LogP contribution is 2.56. The number of aromatic nitrogens is 6. The quantitative estimate of drug-likeness (QED) is 0.0609. The van der Waals surface area contributed by atoms with Crippen molar-refractivity contribution in [3.8, 4) is 0 Å². The Kier molecular flexibility index (Phi) is 10.6. The Labute approximate surface area is 296 Å². The third kappa shape index (κ3) is 7.91. The number of hydrogen-bond acceptors (Lipinski definition) is 21. The number of nitrogens with zero attached hydrogens (tertiary/aromatic N) is 5. The first kappa shape index (κ1) is 38.6. The van der Waals surface area contributed by atoms with Crippen molar-refractivity contribution >= 4 is 55.5 Å². The van der Waals surface area contributed by atoms with Gasteiger partial charge in [-0.05, 0) is 37.1 Å². The lowest BCUT2D eigenvalue weighted by atomic mass is 10.0. The number of hydrogen-bond donors (Lipinski definition) is 9. The number of nitrogens with two attached hydrogens (primary N) is 1. The molecule has 9 atom stereocenters. The van der Waals surface area contributed by atoms with E-state index in [4.69, 9.17) is 10.5 Å². The van der Waals surface area contributed by atoms with Crippen molar-refractivity contribution in [2.24, 2.45) is 0 Å². The number of imidazole rings is 1. The van der Waals surface area contributed by atoms with Crippen LogP contribution in [0.1, 0.15) is 17.4 Å². The predicted molar refractivity (Wildman–Crippen MR) is 176 cm³/mol. The van der Waals surface area contributed by atoms with Gasteiger partial charge in [-0.25, -0.2) is 24.1 Å². The number of aromatic amines is 2. The lowest BCUT2D eigenvalue weighted by Gasteiger charge is -2.36. The molecular weight excluding hydrogens is 752 g/mol. The molecule has 0 amide bonds. The first-order valence-electron chi connectivity index (χ1n) is 15.5. The Morgan fingerprint density at radius 2 is 1.70 bits per heavy atom. The van der Waals surface area contributed by atoms with Crippen molar-refractivity contribution in [3.05, 3.63) is 56.8 Å². The number of aliphatic hydroxyl groups is 5. The monoisotopic (exact) mass is 785 g/mol. The summed E-state index contributed by atoms with van der Waals surface area (Å²) in [6, 6.07) is 3.39. The van der Waals surface area contributed by atoms with Gasteiger partial charge < -0.3 is 65.1 Å². The second kappa shape index (κ2) is 14.6. The average molecular weight is 786 g/mol. The largest absolute Gasteiger partial charge is 0.756 e. The molecule has 9 unspecified atom stereocenters. The van der Waals surface area contributed by atoms with Crippen molar-refractivity contribution in [2.45, 2.75) is 56.7 Å². The number of β-amino-alcohol motifs (C(OH)–C–C–N with tert-alkyl or cyclic N) is 1. The molecular formula is C27H33N9O15P2-2. The summed E-state index contributed by atoms with van der Waals surface area (Å²) in [5.74, 6) is -0.0608. The highest BCUT2D eigenvalue weighted by molar-refractivity contribution is 7.59. The van der Waals surface area contributed by atoms with Gasteiger partial charge >= 0.3 is 5.69 Å². The number of aryl methyl sites for hydroxylation is 2. The maximum Gasteiger partial charge on any atom is 0.327 e. The van der Waals surface area contributed by atoms with Crippen molar-refractivity contribution in [1.82, 2.24) is 29.5 Å². The molecule has 3 aromatic heterocycles. The Morgan fingerprint density at radius 1 is 1.00 bits per heavy atom. The van der Waals surface area contributed by atoms with Gasteiger partial charge in [-0.1, -0.05) is 0 Å². The second-order valence-corrected chi connectivity index (χ2v) is 15.1. The molecule has 2 aliphatic rings. The molecule has 0 radical (unpaired) electrons. The van der Waals surface area contributed by atoms with Gasteiger partial charge in [-0.3, -0.25) is 28.5 Å². The number of phosphoric acid groups is 2. The topological polar surface area (TPSA) is 369 Å². The van der Waals surface area contributed by atoms with Crippen LogP contribution in [0.3, 0.4) is 0 Å². The van der Waals surface area contributed by atoms with Gasteiger partial charge in [0.25, 0.3) is 21.2 Å². The van der Waals surface area contributed by atoms with Crippen molar-refractivity contribution in [1.29, 1.82) is 0 Å². The number of aliphatic hydroxyl groups excluding tert-OH is 5. The third-order valence-electron chi connectivity index (χ3n) is 8.51. The molecule has 4 aromatic rings. The van der Waals surface area contributed by atoms with E-state index in [9.17, 15) is 54.0 Å². The molecule has 6 rings (SSSR count). The molecule has 1 saturated heterocycles. The zero-order valence-electron chi connectivity index (χ0n) is 27.5. The minimum Gasteiger partial charge on any atom is -0.756 e. The van der Waals surface area contributed by atoms with Crippen LogP contribution >= 0.6 is 15.6 Å². The van der Waals surface area contributed by atoms with Gasteiger partial charge in [-0.2, -0.15) is 0 Å². The van der Waals surface area contributed by atoms with Crippen LogP contribution in [0, 0.1) is 13.8 Å². The molecule has 0 saturated carbocycles. The molecule has 2 aliphatic heterocycles. The minimum absolute atomic E-state index is 0.0173. The summed E-state index contributed by atoms with van der Waals surface area (Å²) in [5, 5.41) is 55.9. The Morgan fingerprint density at radius 3 is 2.43 bits per heavy atom. The molecule has 24 nitrogen and oxygen atoms in total. The maximum atomic E-state index is 12.5. The summed E-state index contributed by atoms with van der Waals surface area (Å²) < 4.78 is 44.5. The average Bonchev–Trinajstić information content (AvgIpc) is 3.63. The van der Waals surface area contributed by atoms with Crippen molar-refractivity contribution in [2.75, 3.05) is 35.7 Å². The van der Waals surface area contributed by atoms with Gasteiger partial charge in [0.1, 0.15) is 60.0 Å². The minimum atomic E-state index is -5.85. The van der Waals surface area contributed by atoms with E-state index < -0.39 is 89.5 Å². The first-order valence-corrected chi connectivity index (χ1v) is 18.4. The van der Waals surface area contributed by atoms with Crippen LogP contribution in [-0.4, -0.2) is 111 Å². The zero-order valence-corrected chi connectivity index (χ0v) is 29.3. The number of nitrogens with one attached hydrogen (secondary N) is 3. The molecule has 53 heavy (non-hydrogen) atoms. The summed E-state index contributed by atoms with van der Waals surface area (Å²) in [7, 11) is -11.6. The SMILES string of the molecule is Cc1cc2c(cc1C)N(CC(O)C(O)C(O)COP(=O)([O-])OP(=O)([O-])OCC1OC(n3cnc4c(N)ncnc43)C(O)C1O)c1[nH]c(=O)[nH]c(=O)c1N2. The highest BCUT2D eigenvalue weighted by Gasteiger charge is 2.45. The van der Waals surface area contributed by atoms with E-state index in [-0.39, 0.29) is 28.5 Å². The van der Waals surface area contributed by atoms with E-state index in [1.54, 1.807) is 19.1 Å². The van der Waals surface area contributed by atoms with Gasteiger partial charge in [0.2, 0.25) is 0 Å². The highest BCUT2D eigenvalue weighted by atomic mass is 31.3. The van der Waals surface area contributed by atoms with Gasteiger partial charge in [0.15, 0.2) is 17.7 Å². The van der Waals surface area contributed by atoms with Crippen LogP contribution in [-0.2, 0) is 27.2 Å². The molecule has 288 valence electrons. The number of phosphoric ester groups is 2. The molecule has 26 heteroatoms. The van der Waals surface area contributed by atoms with Crippen molar-refractivity contribution in [3.63, 3.8) is 0 Å². The predicted octanol–water partition coefficient (Wildman–Crippen LogP) is -3.01.